The number of amides is 2. The maximum atomic E-state index is 12.0. The molecule has 2 amide bonds. The molecule has 0 radical (unpaired) electrons. The van der Waals surface area contributed by atoms with Crippen LogP contribution >= 0.6 is 27.5 Å². The molecule has 2 rings (SSSR count). The molecule has 0 bridgehead atoms. The second-order valence-corrected chi connectivity index (χ2v) is 6.75. The van der Waals surface area contributed by atoms with Crippen molar-refractivity contribution in [3.05, 3.63) is 57.0 Å². The van der Waals surface area contributed by atoms with Crippen molar-refractivity contribution in [1.29, 1.82) is 0 Å². The lowest BCUT2D eigenvalue weighted by Crippen LogP contribution is -2.30. The summed E-state index contributed by atoms with van der Waals surface area (Å²) in [6, 6.07) is 11.2. The number of nitrogens with one attached hydrogen (secondary N) is 2. The van der Waals surface area contributed by atoms with E-state index in [1.165, 1.54) is 0 Å². The van der Waals surface area contributed by atoms with Crippen LogP contribution in [0.2, 0.25) is 5.02 Å². The van der Waals surface area contributed by atoms with Gasteiger partial charge in [0.2, 0.25) is 0 Å². The zero-order valence-corrected chi connectivity index (χ0v) is 16.0. The minimum absolute atomic E-state index is 0.214. The lowest BCUT2D eigenvalue weighted by molar-refractivity contribution is 0.250. The molecule has 4 nitrogen and oxygen atoms in total. The Hall–Kier alpha value is -1.72. The monoisotopic (exact) mass is 410 g/mol. The molecule has 2 aromatic rings. The average molecular weight is 412 g/mol. The van der Waals surface area contributed by atoms with Gasteiger partial charge in [0.05, 0.1) is 11.6 Å². The number of hydrogen-bond donors (Lipinski definition) is 2. The van der Waals surface area contributed by atoms with Crippen molar-refractivity contribution in [2.24, 2.45) is 0 Å². The van der Waals surface area contributed by atoms with Crippen LogP contribution in [0.4, 0.5) is 10.5 Å². The summed E-state index contributed by atoms with van der Waals surface area (Å²) in [5.74, 6) is 0.639. The molecule has 0 aliphatic rings. The van der Waals surface area contributed by atoms with E-state index >= 15 is 0 Å². The molecule has 128 valence electrons. The van der Waals surface area contributed by atoms with Crippen LogP contribution in [0.1, 0.15) is 17.5 Å². The second kappa shape index (κ2) is 8.94. The highest BCUT2D eigenvalue weighted by Gasteiger charge is 2.06. The van der Waals surface area contributed by atoms with Crippen molar-refractivity contribution >= 4 is 39.2 Å². The van der Waals surface area contributed by atoms with Gasteiger partial charge in [-0.25, -0.2) is 4.79 Å². The number of carbonyl (C=O) groups excluding carboxylic acids is 1. The Morgan fingerprint density at radius 2 is 1.92 bits per heavy atom. The number of urea groups is 1. The highest BCUT2D eigenvalue weighted by atomic mass is 79.9. The van der Waals surface area contributed by atoms with Gasteiger partial charge in [-0.05, 0) is 49.6 Å². The third kappa shape index (κ3) is 5.42. The summed E-state index contributed by atoms with van der Waals surface area (Å²) < 4.78 is 6.51. The molecule has 2 aromatic carbocycles. The number of ether oxygens (including phenoxy) is 1. The summed E-state index contributed by atoms with van der Waals surface area (Å²) in [6.45, 7) is 4.94. The van der Waals surface area contributed by atoms with Gasteiger partial charge in [0, 0.05) is 16.7 Å². The first-order chi connectivity index (χ1) is 11.5. The van der Waals surface area contributed by atoms with Crippen LogP contribution < -0.4 is 15.4 Å². The Morgan fingerprint density at radius 3 is 2.58 bits per heavy atom. The topological polar surface area (TPSA) is 50.4 Å². The Labute approximate surface area is 155 Å². The van der Waals surface area contributed by atoms with E-state index in [0.717, 1.165) is 21.3 Å². The Bertz CT molecular complexity index is 702. The van der Waals surface area contributed by atoms with Crippen molar-refractivity contribution in [3.8, 4) is 5.75 Å². The number of carbonyl (C=O) groups is 1. The van der Waals surface area contributed by atoms with Crippen molar-refractivity contribution in [2.45, 2.75) is 20.3 Å². The summed E-state index contributed by atoms with van der Waals surface area (Å²) >= 11 is 9.43. The quantitative estimate of drug-likeness (QED) is 0.633. The molecule has 0 unspecified atom stereocenters. The minimum atomic E-state index is -0.214. The molecule has 0 aliphatic heterocycles. The number of rotatable bonds is 6. The third-order valence-electron chi connectivity index (χ3n) is 3.48. The van der Waals surface area contributed by atoms with Gasteiger partial charge in [0.15, 0.2) is 0 Å². The van der Waals surface area contributed by atoms with Crippen LogP contribution in [-0.4, -0.2) is 19.2 Å². The van der Waals surface area contributed by atoms with Crippen molar-refractivity contribution in [3.63, 3.8) is 0 Å². The fourth-order valence-electron chi connectivity index (χ4n) is 2.22. The first kappa shape index (κ1) is 18.6. The van der Waals surface area contributed by atoms with Crippen LogP contribution in [0.15, 0.2) is 40.9 Å². The number of benzene rings is 2. The average Bonchev–Trinajstić information content (AvgIpc) is 2.52. The van der Waals surface area contributed by atoms with Crippen molar-refractivity contribution < 1.29 is 9.53 Å². The highest BCUT2D eigenvalue weighted by Crippen LogP contribution is 2.27. The van der Waals surface area contributed by atoms with Crippen LogP contribution in [0.25, 0.3) is 0 Å². The number of anilines is 1. The maximum absolute atomic E-state index is 12.0. The Balaban J connectivity index is 1.71. The SMILES string of the molecule is Cc1cccc(C)c1NC(=O)NCCCOc1ccc(Br)cc1Cl. The molecule has 0 fully saturated rings. The number of halogens is 2. The van der Waals surface area contributed by atoms with Gasteiger partial charge in [0.25, 0.3) is 0 Å². The van der Waals surface area contributed by atoms with Gasteiger partial charge >= 0.3 is 6.03 Å². The predicted octanol–water partition coefficient (Wildman–Crippen LogP) is 5.31. The van der Waals surface area contributed by atoms with Crippen molar-refractivity contribution in [1.82, 2.24) is 5.32 Å². The van der Waals surface area contributed by atoms with Crippen LogP contribution in [0.5, 0.6) is 5.75 Å². The molecule has 0 heterocycles. The minimum Gasteiger partial charge on any atom is -0.492 e. The molecule has 2 N–H and O–H groups in total. The second-order valence-electron chi connectivity index (χ2n) is 5.42. The molecule has 6 heteroatoms. The third-order valence-corrected chi connectivity index (χ3v) is 4.27. The fourth-order valence-corrected chi connectivity index (χ4v) is 2.95. The zero-order valence-electron chi connectivity index (χ0n) is 13.7. The summed E-state index contributed by atoms with van der Waals surface area (Å²) in [5.41, 5.74) is 2.93. The zero-order chi connectivity index (χ0) is 17.5. The van der Waals surface area contributed by atoms with Gasteiger partial charge in [-0.1, -0.05) is 45.7 Å². The van der Waals surface area contributed by atoms with Gasteiger partial charge < -0.3 is 15.4 Å². The van der Waals surface area contributed by atoms with E-state index in [-0.39, 0.29) is 6.03 Å². The lowest BCUT2D eigenvalue weighted by atomic mass is 10.1. The number of aryl methyl sites for hydroxylation is 2. The Morgan fingerprint density at radius 1 is 1.21 bits per heavy atom. The molecule has 0 spiro atoms. The van der Waals surface area contributed by atoms with Gasteiger partial charge in [0.1, 0.15) is 5.75 Å². The number of hydrogen-bond acceptors (Lipinski definition) is 2. The molecule has 0 aromatic heterocycles. The van der Waals surface area contributed by atoms with E-state index in [1.807, 2.05) is 44.2 Å². The van der Waals surface area contributed by atoms with Crippen LogP contribution in [-0.2, 0) is 0 Å². The molecule has 0 aliphatic carbocycles. The smallest absolute Gasteiger partial charge is 0.319 e. The fraction of sp³-hybridized carbons (Fsp3) is 0.278. The maximum Gasteiger partial charge on any atom is 0.319 e. The molecule has 24 heavy (non-hydrogen) atoms. The van der Waals surface area contributed by atoms with Crippen molar-refractivity contribution in [2.75, 3.05) is 18.5 Å². The van der Waals surface area contributed by atoms with Crippen LogP contribution in [0, 0.1) is 13.8 Å². The molecular formula is C18H20BrClN2O2. The standard InChI is InChI=1S/C18H20BrClN2O2/c1-12-5-3-6-13(2)17(12)22-18(23)21-9-4-10-24-16-8-7-14(19)11-15(16)20/h3,5-8,11H,4,9-10H2,1-2H3,(H2,21,22,23). The first-order valence-corrected chi connectivity index (χ1v) is 8.83. The van der Waals surface area contributed by atoms with Gasteiger partial charge in [-0.15, -0.1) is 0 Å². The molecule has 0 atom stereocenters. The summed E-state index contributed by atoms with van der Waals surface area (Å²) in [7, 11) is 0. The number of para-hydroxylation sites is 1. The van der Waals surface area contributed by atoms with Gasteiger partial charge in [-0.3, -0.25) is 0 Å². The lowest BCUT2D eigenvalue weighted by Gasteiger charge is -2.12. The normalized spacial score (nSPS) is 10.3. The van der Waals surface area contributed by atoms with E-state index in [2.05, 4.69) is 26.6 Å². The Kier molecular flexibility index (Phi) is 6.94. The molecule has 0 saturated carbocycles. The van der Waals surface area contributed by atoms with E-state index in [4.69, 9.17) is 16.3 Å². The summed E-state index contributed by atoms with van der Waals surface area (Å²) in [6.07, 6.45) is 0.687. The van der Waals surface area contributed by atoms with E-state index in [0.29, 0.717) is 30.3 Å². The molecule has 0 saturated heterocycles. The van der Waals surface area contributed by atoms with E-state index < -0.39 is 0 Å². The summed E-state index contributed by atoms with van der Waals surface area (Å²) in [4.78, 5) is 12.0. The largest absolute Gasteiger partial charge is 0.492 e. The highest BCUT2D eigenvalue weighted by molar-refractivity contribution is 9.10. The molecular weight excluding hydrogens is 392 g/mol. The van der Waals surface area contributed by atoms with E-state index in [1.54, 1.807) is 6.07 Å². The first-order valence-electron chi connectivity index (χ1n) is 7.66. The summed E-state index contributed by atoms with van der Waals surface area (Å²) in [5, 5.41) is 6.27. The predicted molar refractivity (Wildman–Crippen MR) is 102 cm³/mol. The van der Waals surface area contributed by atoms with Crippen LogP contribution in [0.3, 0.4) is 0 Å². The van der Waals surface area contributed by atoms with Gasteiger partial charge in [-0.2, -0.15) is 0 Å². The van der Waals surface area contributed by atoms with E-state index in [9.17, 15) is 4.79 Å².